The maximum absolute atomic E-state index is 14.3. The Hall–Kier alpha value is -1.87. The van der Waals surface area contributed by atoms with Gasteiger partial charge in [-0.1, -0.05) is 0 Å². The van der Waals surface area contributed by atoms with Crippen molar-refractivity contribution in [2.45, 2.75) is 31.7 Å². The molecule has 0 aliphatic carbocycles. The lowest BCUT2D eigenvalue weighted by Crippen LogP contribution is -2.42. The van der Waals surface area contributed by atoms with Crippen molar-refractivity contribution < 1.29 is 24.4 Å². The van der Waals surface area contributed by atoms with Crippen LogP contribution in [0.1, 0.15) is 18.4 Å². The monoisotopic (exact) mass is 365 g/mol. The number of halogens is 1. The molecule has 0 bridgehead atoms. The van der Waals surface area contributed by atoms with Crippen LogP contribution in [0.25, 0.3) is 11.0 Å². The topological polar surface area (TPSA) is 98.9 Å². The first-order valence-electron chi connectivity index (χ1n) is 8.74. The number of aromatic nitrogens is 2. The van der Waals surface area contributed by atoms with Crippen LogP contribution in [0.15, 0.2) is 18.3 Å². The summed E-state index contributed by atoms with van der Waals surface area (Å²) in [6.07, 6.45) is 0.229. The minimum Gasteiger partial charge on any atom is -0.481 e. The molecule has 1 aliphatic heterocycles. The van der Waals surface area contributed by atoms with Gasteiger partial charge in [0.15, 0.2) is 6.29 Å². The number of ether oxygens (including phenoxy) is 1. The van der Waals surface area contributed by atoms with Crippen LogP contribution in [0.5, 0.6) is 5.88 Å². The van der Waals surface area contributed by atoms with E-state index in [1.165, 1.54) is 13.3 Å². The molecule has 0 aromatic carbocycles. The molecule has 1 fully saturated rings. The highest BCUT2D eigenvalue weighted by Gasteiger charge is 2.29. The summed E-state index contributed by atoms with van der Waals surface area (Å²) in [6, 6.07) is 3.46. The normalized spacial score (nSPS) is 17.8. The SMILES string of the molecule is COc1ccc2ncc(F)c(CCN3CCC(C(O)C(O)O)CC3)c2n1. The number of methoxy groups -OCH3 is 1. The van der Waals surface area contributed by atoms with Gasteiger partial charge in [-0.2, -0.15) is 0 Å². The van der Waals surface area contributed by atoms with Crippen LogP contribution in [-0.2, 0) is 6.42 Å². The maximum atomic E-state index is 14.3. The Morgan fingerprint density at radius 1 is 1.27 bits per heavy atom. The highest BCUT2D eigenvalue weighted by Crippen LogP contribution is 2.24. The molecule has 1 saturated heterocycles. The Labute approximate surface area is 151 Å². The third-order valence-corrected chi connectivity index (χ3v) is 5.05. The third-order valence-electron chi connectivity index (χ3n) is 5.05. The second-order valence-corrected chi connectivity index (χ2v) is 6.64. The number of likely N-dealkylation sites (tertiary alicyclic amines) is 1. The average Bonchev–Trinajstić information content (AvgIpc) is 2.66. The van der Waals surface area contributed by atoms with Gasteiger partial charge in [-0.25, -0.2) is 9.37 Å². The number of fused-ring (bicyclic) bond motifs is 1. The number of hydrogen-bond donors (Lipinski definition) is 3. The van der Waals surface area contributed by atoms with Crippen LogP contribution in [-0.4, -0.2) is 69.3 Å². The van der Waals surface area contributed by atoms with E-state index in [1.54, 1.807) is 12.1 Å². The van der Waals surface area contributed by atoms with Crippen molar-refractivity contribution in [3.05, 3.63) is 29.7 Å². The molecule has 0 amide bonds. The van der Waals surface area contributed by atoms with E-state index < -0.39 is 12.4 Å². The van der Waals surface area contributed by atoms with Crippen LogP contribution < -0.4 is 4.74 Å². The smallest absolute Gasteiger partial charge is 0.213 e. The second kappa shape index (κ2) is 8.22. The third kappa shape index (κ3) is 4.09. The molecule has 7 nitrogen and oxygen atoms in total. The molecule has 2 aromatic heterocycles. The summed E-state index contributed by atoms with van der Waals surface area (Å²) in [5.41, 5.74) is 1.65. The van der Waals surface area contributed by atoms with Crippen LogP contribution in [0.2, 0.25) is 0 Å². The molecule has 8 heteroatoms. The zero-order valence-electron chi connectivity index (χ0n) is 14.7. The number of aliphatic hydroxyl groups excluding tert-OH is 2. The molecular formula is C18H24FN3O4. The van der Waals surface area contributed by atoms with E-state index in [9.17, 15) is 9.50 Å². The first kappa shape index (κ1) is 18.9. The summed E-state index contributed by atoms with van der Waals surface area (Å²) in [5.74, 6) is -0.0915. The van der Waals surface area contributed by atoms with Gasteiger partial charge in [0.2, 0.25) is 5.88 Å². The molecular weight excluding hydrogens is 341 g/mol. The highest BCUT2D eigenvalue weighted by atomic mass is 19.1. The number of hydrogen-bond acceptors (Lipinski definition) is 7. The first-order chi connectivity index (χ1) is 12.5. The van der Waals surface area contributed by atoms with Crippen molar-refractivity contribution in [2.75, 3.05) is 26.7 Å². The molecule has 3 rings (SSSR count). The van der Waals surface area contributed by atoms with E-state index in [2.05, 4.69) is 14.9 Å². The predicted octanol–water partition coefficient (Wildman–Crippen LogP) is 0.704. The van der Waals surface area contributed by atoms with E-state index in [1.807, 2.05) is 0 Å². The molecule has 1 unspecified atom stereocenters. The quantitative estimate of drug-likeness (QED) is 0.648. The first-order valence-corrected chi connectivity index (χ1v) is 8.74. The van der Waals surface area contributed by atoms with Crippen LogP contribution in [0, 0.1) is 11.7 Å². The van der Waals surface area contributed by atoms with Crippen LogP contribution >= 0.6 is 0 Å². The Morgan fingerprint density at radius 2 is 2.00 bits per heavy atom. The molecule has 3 N–H and O–H groups in total. The lowest BCUT2D eigenvalue weighted by molar-refractivity contribution is -0.146. The lowest BCUT2D eigenvalue weighted by Gasteiger charge is -2.34. The van der Waals surface area contributed by atoms with Gasteiger partial charge >= 0.3 is 0 Å². The number of nitrogens with zero attached hydrogens (tertiary/aromatic N) is 3. The standard InChI is InChI=1S/C18H24FN3O4/c1-26-15-3-2-14-16(21-15)12(13(19)10-20-14)6-9-22-7-4-11(5-8-22)17(23)18(24)25/h2-3,10-11,17-18,23-25H,4-9H2,1H3. The van der Waals surface area contributed by atoms with Crippen molar-refractivity contribution in [1.29, 1.82) is 0 Å². The van der Waals surface area contributed by atoms with Gasteiger partial charge in [-0.05, 0) is 44.3 Å². The molecule has 1 atom stereocenters. The lowest BCUT2D eigenvalue weighted by atomic mass is 9.90. The zero-order chi connectivity index (χ0) is 18.7. The number of rotatable bonds is 6. The summed E-state index contributed by atoms with van der Waals surface area (Å²) in [4.78, 5) is 10.6. The Balaban J connectivity index is 1.66. The van der Waals surface area contributed by atoms with Crippen molar-refractivity contribution in [3.8, 4) is 5.88 Å². The molecule has 0 radical (unpaired) electrons. The maximum Gasteiger partial charge on any atom is 0.213 e. The second-order valence-electron chi connectivity index (χ2n) is 6.64. The summed E-state index contributed by atoms with van der Waals surface area (Å²) >= 11 is 0. The van der Waals surface area contributed by atoms with E-state index in [0.29, 0.717) is 48.3 Å². The van der Waals surface area contributed by atoms with Gasteiger partial charge in [0.1, 0.15) is 11.9 Å². The number of pyridine rings is 2. The van der Waals surface area contributed by atoms with E-state index in [4.69, 9.17) is 14.9 Å². The van der Waals surface area contributed by atoms with E-state index in [0.717, 1.165) is 13.1 Å². The predicted molar refractivity (Wildman–Crippen MR) is 93.1 cm³/mol. The minimum absolute atomic E-state index is 0.129. The van der Waals surface area contributed by atoms with Gasteiger partial charge in [-0.3, -0.25) is 4.98 Å². The minimum atomic E-state index is -1.70. The summed E-state index contributed by atoms with van der Waals surface area (Å²) < 4.78 is 19.4. The van der Waals surface area contributed by atoms with Gasteiger partial charge in [0.25, 0.3) is 0 Å². The molecule has 142 valence electrons. The Kier molecular flexibility index (Phi) is 5.98. The molecule has 26 heavy (non-hydrogen) atoms. The number of aliphatic hydroxyl groups is 3. The summed E-state index contributed by atoms with van der Waals surface area (Å²) in [7, 11) is 1.52. The fourth-order valence-electron chi connectivity index (χ4n) is 3.46. The van der Waals surface area contributed by atoms with Gasteiger partial charge in [0.05, 0.1) is 24.3 Å². The van der Waals surface area contributed by atoms with Gasteiger partial charge < -0.3 is 25.0 Å². The average molecular weight is 365 g/mol. The molecule has 0 saturated carbocycles. The van der Waals surface area contributed by atoms with Crippen molar-refractivity contribution >= 4 is 11.0 Å². The molecule has 2 aromatic rings. The fraction of sp³-hybridized carbons (Fsp3) is 0.556. The van der Waals surface area contributed by atoms with Crippen molar-refractivity contribution in [2.24, 2.45) is 5.92 Å². The Morgan fingerprint density at radius 3 is 2.65 bits per heavy atom. The Bertz CT molecular complexity index is 751. The van der Waals surface area contributed by atoms with E-state index >= 15 is 0 Å². The molecule has 0 spiro atoms. The summed E-state index contributed by atoms with van der Waals surface area (Å²) in [5, 5.41) is 27.9. The van der Waals surface area contributed by atoms with Crippen molar-refractivity contribution in [1.82, 2.24) is 14.9 Å². The van der Waals surface area contributed by atoms with Crippen molar-refractivity contribution in [3.63, 3.8) is 0 Å². The van der Waals surface area contributed by atoms with Crippen LogP contribution in [0.3, 0.4) is 0 Å². The van der Waals surface area contributed by atoms with E-state index in [-0.39, 0.29) is 11.7 Å². The summed E-state index contributed by atoms with van der Waals surface area (Å²) in [6.45, 7) is 2.09. The molecule has 1 aliphatic rings. The molecule has 3 heterocycles. The zero-order valence-corrected chi connectivity index (χ0v) is 14.7. The fourth-order valence-corrected chi connectivity index (χ4v) is 3.46. The van der Waals surface area contributed by atoms with Crippen LogP contribution in [0.4, 0.5) is 4.39 Å². The van der Waals surface area contributed by atoms with Gasteiger partial charge in [-0.15, -0.1) is 0 Å². The largest absolute Gasteiger partial charge is 0.481 e. The van der Waals surface area contributed by atoms with Gasteiger partial charge in [0, 0.05) is 18.2 Å². The highest BCUT2D eigenvalue weighted by molar-refractivity contribution is 5.78. The number of piperidine rings is 1.